The number of nitrogens with zero attached hydrogens (tertiary/aromatic N) is 1. The smallest absolute Gasteiger partial charge is 0.269 e. The summed E-state index contributed by atoms with van der Waals surface area (Å²) in [5.41, 5.74) is -0.0413. The highest BCUT2D eigenvalue weighted by atomic mass is 35.5. The zero-order valence-corrected chi connectivity index (χ0v) is 12.6. The van der Waals surface area contributed by atoms with Gasteiger partial charge in [0.05, 0.1) is 10.4 Å². The Bertz CT molecular complexity index is 981. The second kappa shape index (κ2) is 5.23. The maximum Gasteiger partial charge on any atom is 0.269 e. The molecule has 0 saturated carbocycles. The van der Waals surface area contributed by atoms with Crippen molar-refractivity contribution in [2.75, 3.05) is 0 Å². The second-order valence-electron chi connectivity index (χ2n) is 4.59. The number of carbonyl (C=O) groups excluding carboxylic acids is 1. The molecule has 112 valence electrons. The number of hydrogen-bond acceptors (Lipinski definition) is 3. The highest BCUT2D eigenvalue weighted by Gasteiger charge is 2.25. The summed E-state index contributed by atoms with van der Waals surface area (Å²) in [4.78, 5) is 11.6. The van der Waals surface area contributed by atoms with Gasteiger partial charge in [0.25, 0.3) is 15.3 Å². The van der Waals surface area contributed by atoms with Gasteiger partial charge in [-0.2, -0.15) is 0 Å². The molecule has 3 rings (SSSR count). The monoisotopic (exact) mass is 337 g/mol. The van der Waals surface area contributed by atoms with Crippen LogP contribution in [0.2, 0.25) is 0 Å². The lowest BCUT2D eigenvalue weighted by atomic mass is 10.2. The van der Waals surface area contributed by atoms with Crippen LogP contribution in [-0.2, 0) is 10.0 Å². The molecular weight excluding hydrogens is 329 g/mol. The molecule has 1 heterocycles. The molecule has 0 unspecified atom stereocenters. The summed E-state index contributed by atoms with van der Waals surface area (Å²) in [5, 5.41) is -0.653. The van der Waals surface area contributed by atoms with Crippen molar-refractivity contribution in [1.82, 2.24) is 3.97 Å². The van der Waals surface area contributed by atoms with E-state index in [1.807, 2.05) is 0 Å². The molecule has 0 saturated heterocycles. The minimum absolute atomic E-state index is 0.0102. The number of aromatic nitrogens is 1. The van der Waals surface area contributed by atoms with Gasteiger partial charge in [-0.1, -0.05) is 18.2 Å². The van der Waals surface area contributed by atoms with Crippen LogP contribution in [0.4, 0.5) is 4.39 Å². The number of carbonyl (C=O) groups is 1. The van der Waals surface area contributed by atoms with Crippen LogP contribution in [0.1, 0.15) is 10.5 Å². The first-order valence-corrected chi connectivity index (χ1v) is 8.04. The van der Waals surface area contributed by atoms with Gasteiger partial charge < -0.3 is 0 Å². The molecule has 4 nitrogen and oxygen atoms in total. The Balaban J connectivity index is 2.39. The normalized spacial score (nSPS) is 11.7. The molecule has 0 fully saturated rings. The molecule has 7 heteroatoms. The standard InChI is InChI=1S/C15H9ClFNO3S/c16-15(19)14-9-10-8-11(17)6-7-13(10)18(14)22(20,21)12-4-2-1-3-5-12/h1-9H. The third-order valence-corrected chi connectivity index (χ3v) is 5.14. The van der Waals surface area contributed by atoms with E-state index in [9.17, 15) is 17.6 Å². The topological polar surface area (TPSA) is 56.1 Å². The Morgan fingerprint density at radius 2 is 1.73 bits per heavy atom. The van der Waals surface area contributed by atoms with Crippen LogP contribution in [0.15, 0.2) is 59.5 Å². The average molecular weight is 338 g/mol. The molecular formula is C15H9ClFNO3S. The van der Waals surface area contributed by atoms with Crippen molar-refractivity contribution in [1.29, 1.82) is 0 Å². The van der Waals surface area contributed by atoms with Gasteiger partial charge in [0.1, 0.15) is 11.5 Å². The summed E-state index contributed by atoms with van der Waals surface area (Å²) < 4.78 is 39.7. The Labute approximate surface area is 130 Å². The molecule has 0 atom stereocenters. The lowest BCUT2D eigenvalue weighted by Gasteiger charge is -2.10. The number of hydrogen-bond donors (Lipinski definition) is 0. The van der Waals surface area contributed by atoms with Crippen LogP contribution in [-0.4, -0.2) is 17.6 Å². The largest absolute Gasteiger partial charge is 0.274 e. The fraction of sp³-hybridized carbons (Fsp3) is 0. The van der Waals surface area contributed by atoms with Crippen LogP contribution in [0, 0.1) is 5.82 Å². The number of fused-ring (bicyclic) bond motifs is 1. The SMILES string of the molecule is O=C(Cl)c1cc2cc(F)ccc2n1S(=O)(=O)c1ccccc1. The highest BCUT2D eigenvalue weighted by Crippen LogP contribution is 2.27. The van der Waals surface area contributed by atoms with Crippen LogP contribution < -0.4 is 0 Å². The van der Waals surface area contributed by atoms with Gasteiger partial charge in [-0.15, -0.1) is 0 Å². The van der Waals surface area contributed by atoms with Gasteiger partial charge >= 0.3 is 0 Å². The van der Waals surface area contributed by atoms with E-state index in [0.29, 0.717) is 0 Å². The Morgan fingerprint density at radius 1 is 1.05 bits per heavy atom. The molecule has 0 aliphatic heterocycles. The predicted molar refractivity (Wildman–Crippen MR) is 81.1 cm³/mol. The second-order valence-corrected chi connectivity index (χ2v) is 6.72. The molecule has 22 heavy (non-hydrogen) atoms. The van der Waals surface area contributed by atoms with Crippen LogP contribution >= 0.6 is 11.6 Å². The molecule has 0 N–H and O–H groups in total. The number of halogens is 2. The highest BCUT2D eigenvalue weighted by molar-refractivity contribution is 7.90. The maximum absolute atomic E-state index is 13.3. The van der Waals surface area contributed by atoms with Gasteiger partial charge in [-0.25, -0.2) is 16.8 Å². The molecule has 0 aliphatic rings. The first kappa shape index (κ1) is 14.7. The molecule has 1 aromatic heterocycles. The fourth-order valence-electron chi connectivity index (χ4n) is 2.26. The first-order chi connectivity index (χ1) is 10.4. The van der Waals surface area contributed by atoms with Crippen LogP contribution in [0.3, 0.4) is 0 Å². The zero-order valence-electron chi connectivity index (χ0n) is 11.0. The summed E-state index contributed by atoms with van der Waals surface area (Å²) in [6.07, 6.45) is 0. The van der Waals surface area contributed by atoms with Crippen LogP contribution in [0.25, 0.3) is 10.9 Å². The minimum atomic E-state index is -4.02. The molecule has 0 bridgehead atoms. The Hall–Kier alpha value is -2.18. The summed E-state index contributed by atoms with van der Waals surface area (Å²) >= 11 is 5.50. The van der Waals surface area contributed by atoms with E-state index in [1.165, 1.54) is 24.3 Å². The van der Waals surface area contributed by atoms with Gasteiger partial charge in [0.2, 0.25) is 0 Å². The van der Waals surface area contributed by atoms with E-state index in [0.717, 1.165) is 16.1 Å². The van der Waals surface area contributed by atoms with Crippen molar-refractivity contribution < 1.29 is 17.6 Å². The van der Waals surface area contributed by atoms with E-state index in [1.54, 1.807) is 18.2 Å². The number of rotatable bonds is 3. The Morgan fingerprint density at radius 3 is 2.36 bits per heavy atom. The average Bonchev–Trinajstić information content (AvgIpc) is 2.87. The van der Waals surface area contributed by atoms with Crippen molar-refractivity contribution in [3.63, 3.8) is 0 Å². The van der Waals surface area contributed by atoms with Gasteiger partial charge in [0, 0.05) is 5.39 Å². The maximum atomic E-state index is 13.3. The van der Waals surface area contributed by atoms with Gasteiger partial charge in [-0.05, 0) is 48.0 Å². The summed E-state index contributed by atoms with van der Waals surface area (Å²) in [5.74, 6) is -0.532. The molecule has 3 aromatic rings. The summed E-state index contributed by atoms with van der Waals surface area (Å²) in [6, 6.07) is 12.5. The molecule has 0 aliphatic carbocycles. The van der Waals surface area contributed by atoms with Crippen molar-refractivity contribution in [2.24, 2.45) is 0 Å². The number of benzene rings is 2. The minimum Gasteiger partial charge on any atom is -0.274 e. The van der Waals surface area contributed by atoms with E-state index in [4.69, 9.17) is 11.6 Å². The van der Waals surface area contributed by atoms with Gasteiger partial charge in [-0.3, -0.25) is 4.79 Å². The quantitative estimate of drug-likeness (QED) is 0.688. The molecule has 0 amide bonds. The Kier molecular flexibility index (Phi) is 3.50. The first-order valence-electron chi connectivity index (χ1n) is 6.23. The van der Waals surface area contributed by atoms with E-state index < -0.39 is 21.1 Å². The van der Waals surface area contributed by atoms with E-state index in [2.05, 4.69) is 0 Å². The van der Waals surface area contributed by atoms with E-state index >= 15 is 0 Å². The van der Waals surface area contributed by atoms with Crippen LogP contribution in [0.5, 0.6) is 0 Å². The van der Waals surface area contributed by atoms with Crippen molar-refractivity contribution in [2.45, 2.75) is 4.90 Å². The summed E-state index contributed by atoms with van der Waals surface area (Å²) in [7, 11) is -4.02. The molecule has 2 aromatic carbocycles. The van der Waals surface area contributed by atoms with Gasteiger partial charge in [0.15, 0.2) is 0 Å². The zero-order chi connectivity index (χ0) is 15.9. The third-order valence-electron chi connectivity index (χ3n) is 3.20. The fourth-order valence-corrected chi connectivity index (χ4v) is 3.98. The van der Waals surface area contributed by atoms with E-state index in [-0.39, 0.29) is 21.5 Å². The lowest BCUT2D eigenvalue weighted by Crippen LogP contribution is -2.16. The summed E-state index contributed by atoms with van der Waals surface area (Å²) in [6.45, 7) is 0. The van der Waals surface area contributed by atoms with Crippen molar-refractivity contribution in [3.8, 4) is 0 Å². The van der Waals surface area contributed by atoms with Crippen molar-refractivity contribution >= 4 is 37.8 Å². The molecule has 0 radical (unpaired) electrons. The predicted octanol–water partition coefficient (Wildman–Crippen LogP) is 3.40. The lowest BCUT2D eigenvalue weighted by molar-refractivity contribution is 0.107. The molecule has 0 spiro atoms. The van der Waals surface area contributed by atoms with Crippen molar-refractivity contribution in [3.05, 3.63) is 66.1 Å². The third kappa shape index (κ3) is 2.30.